The molecular weight excluding hydrogens is 442 g/mol. The molecule has 0 saturated heterocycles. The van der Waals surface area contributed by atoms with E-state index in [0.29, 0.717) is 21.2 Å². The van der Waals surface area contributed by atoms with E-state index in [1.165, 1.54) is 39.9 Å². The van der Waals surface area contributed by atoms with Gasteiger partial charge in [0.15, 0.2) is 5.13 Å². The maximum atomic E-state index is 12.9. The minimum absolute atomic E-state index is 0.0394. The number of thiazole rings is 1. The molecule has 0 spiro atoms. The van der Waals surface area contributed by atoms with Crippen LogP contribution in [0.3, 0.4) is 0 Å². The summed E-state index contributed by atoms with van der Waals surface area (Å²) >= 11 is 7.47. The Kier molecular flexibility index (Phi) is 6.11. The van der Waals surface area contributed by atoms with Gasteiger partial charge in [-0.1, -0.05) is 48.3 Å². The van der Waals surface area contributed by atoms with Gasteiger partial charge in [-0.25, -0.2) is 13.4 Å². The van der Waals surface area contributed by atoms with Gasteiger partial charge < -0.3 is 0 Å². The number of aromatic nitrogens is 1. The fourth-order valence-electron chi connectivity index (χ4n) is 3.72. The van der Waals surface area contributed by atoms with Crippen LogP contribution < -0.4 is 5.32 Å². The zero-order chi connectivity index (χ0) is 21.3. The van der Waals surface area contributed by atoms with Crippen LogP contribution in [0.5, 0.6) is 0 Å². The molecule has 1 heterocycles. The monoisotopic (exact) mass is 463 g/mol. The molecule has 0 unspecified atom stereocenters. The number of fused-ring (bicyclic) bond motifs is 1. The topological polar surface area (TPSA) is 79.4 Å². The van der Waals surface area contributed by atoms with Crippen molar-refractivity contribution in [1.29, 1.82) is 0 Å². The molecule has 1 aromatic heterocycles. The molecule has 158 valence electrons. The van der Waals surface area contributed by atoms with Crippen molar-refractivity contribution in [3.05, 3.63) is 53.1 Å². The normalized spacial score (nSPS) is 15.6. The first-order valence-electron chi connectivity index (χ1n) is 9.81. The lowest BCUT2D eigenvalue weighted by atomic mass is 9.96. The van der Waals surface area contributed by atoms with Gasteiger partial charge in [-0.2, -0.15) is 4.31 Å². The number of hydrogen-bond donors (Lipinski definition) is 1. The van der Waals surface area contributed by atoms with Crippen molar-refractivity contribution in [3.63, 3.8) is 0 Å². The fourth-order valence-corrected chi connectivity index (χ4v) is 6.30. The number of nitrogens with one attached hydrogen (secondary N) is 1. The highest BCUT2D eigenvalue weighted by Crippen LogP contribution is 2.31. The van der Waals surface area contributed by atoms with E-state index in [4.69, 9.17) is 11.6 Å². The molecule has 1 fully saturated rings. The van der Waals surface area contributed by atoms with Crippen LogP contribution in [0.4, 0.5) is 5.13 Å². The highest BCUT2D eigenvalue weighted by Gasteiger charge is 2.29. The lowest BCUT2D eigenvalue weighted by molar-refractivity contribution is 0.102. The van der Waals surface area contributed by atoms with Crippen LogP contribution in [0, 0.1) is 0 Å². The lowest BCUT2D eigenvalue weighted by Crippen LogP contribution is -2.38. The van der Waals surface area contributed by atoms with Gasteiger partial charge >= 0.3 is 0 Å². The second-order valence-corrected chi connectivity index (χ2v) is 10.8. The Morgan fingerprint density at radius 2 is 1.83 bits per heavy atom. The molecule has 1 amide bonds. The van der Waals surface area contributed by atoms with E-state index < -0.39 is 10.0 Å². The molecular formula is C21H22ClN3O3S2. The molecule has 1 aliphatic rings. The number of amides is 1. The van der Waals surface area contributed by atoms with Crippen LogP contribution in [-0.4, -0.2) is 36.7 Å². The molecule has 2 aromatic carbocycles. The highest BCUT2D eigenvalue weighted by molar-refractivity contribution is 7.89. The van der Waals surface area contributed by atoms with Crippen LogP contribution in [0.1, 0.15) is 42.5 Å². The van der Waals surface area contributed by atoms with E-state index in [-0.39, 0.29) is 16.8 Å². The molecule has 4 rings (SSSR count). The summed E-state index contributed by atoms with van der Waals surface area (Å²) in [6.45, 7) is 0. The molecule has 0 aliphatic heterocycles. The smallest absolute Gasteiger partial charge is 0.257 e. The minimum Gasteiger partial charge on any atom is -0.298 e. The van der Waals surface area contributed by atoms with E-state index in [0.717, 1.165) is 36.8 Å². The quantitative estimate of drug-likeness (QED) is 0.567. The van der Waals surface area contributed by atoms with Crippen LogP contribution >= 0.6 is 22.9 Å². The predicted octanol–water partition coefficient (Wildman–Crippen LogP) is 5.16. The Morgan fingerprint density at radius 3 is 2.50 bits per heavy atom. The van der Waals surface area contributed by atoms with Crippen molar-refractivity contribution in [2.75, 3.05) is 12.4 Å². The summed E-state index contributed by atoms with van der Waals surface area (Å²) in [5.41, 5.74) is 1.01. The molecule has 6 nitrogen and oxygen atoms in total. The van der Waals surface area contributed by atoms with Crippen molar-refractivity contribution >= 4 is 54.2 Å². The fraction of sp³-hybridized carbons (Fsp3) is 0.333. The third-order valence-corrected chi connectivity index (χ3v) is 8.64. The number of carbonyl (C=O) groups is 1. The number of halogens is 1. The van der Waals surface area contributed by atoms with Crippen LogP contribution in [0.25, 0.3) is 10.2 Å². The first kappa shape index (κ1) is 21.2. The number of sulfonamides is 1. The van der Waals surface area contributed by atoms with Gasteiger partial charge in [-0.3, -0.25) is 10.1 Å². The SMILES string of the molecule is CN(C1CCCCC1)S(=O)(=O)c1ccc(C(=O)Nc2nc3c(Cl)cccc3s2)cc1. The Bertz CT molecular complexity index is 1170. The van der Waals surface area contributed by atoms with E-state index in [1.807, 2.05) is 12.1 Å². The second kappa shape index (κ2) is 8.63. The van der Waals surface area contributed by atoms with Crippen LogP contribution in [0.15, 0.2) is 47.4 Å². The maximum Gasteiger partial charge on any atom is 0.257 e. The van der Waals surface area contributed by atoms with Crippen molar-refractivity contribution in [2.24, 2.45) is 0 Å². The predicted molar refractivity (Wildman–Crippen MR) is 121 cm³/mol. The van der Waals surface area contributed by atoms with Gasteiger partial charge in [-0.15, -0.1) is 0 Å². The van der Waals surface area contributed by atoms with Crippen molar-refractivity contribution in [2.45, 2.75) is 43.0 Å². The molecule has 0 radical (unpaired) electrons. The van der Waals surface area contributed by atoms with Crippen molar-refractivity contribution in [3.8, 4) is 0 Å². The van der Waals surface area contributed by atoms with Crippen LogP contribution in [-0.2, 0) is 10.0 Å². The largest absolute Gasteiger partial charge is 0.298 e. The number of para-hydroxylation sites is 1. The summed E-state index contributed by atoms with van der Waals surface area (Å²) in [6.07, 6.45) is 5.06. The van der Waals surface area contributed by atoms with Gasteiger partial charge in [-0.05, 0) is 49.2 Å². The Balaban J connectivity index is 1.49. The second-order valence-electron chi connectivity index (χ2n) is 7.40. The van der Waals surface area contributed by atoms with Gasteiger partial charge in [0.25, 0.3) is 5.91 Å². The van der Waals surface area contributed by atoms with Crippen LogP contribution in [0.2, 0.25) is 5.02 Å². The number of hydrogen-bond acceptors (Lipinski definition) is 5. The summed E-state index contributed by atoms with van der Waals surface area (Å²) < 4.78 is 28.2. The van der Waals surface area contributed by atoms with E-state index in [1.54, 1.807) is 13.1 Å². The minimum atomic E-state index is -3.59. The average Bonchev–Trinajstić information content (AvgIpc) is 3.17. The lowest BCUT2D eigenvalue weighted by Gasteiger charge is -2.30. The number of carbonyl (C=O) groups excluding carboxylic acids is 1. The first-order chi connectivity index (χ1) is 14.4. The van der Waals surface area contributed by atoms with Gasteiger partial charge in [0, 0.05) is 18.7 Å². The van der Waals surface area contributed by atoms with Crippen molar-refractivity contribution in [1.82, 2.24) is 9.29 Å². The summed E-state index contributed by atoms with van der Waals surface area (Å²) in [4.78, 5) is 17.1. The van der Waals surface area contributed by atoms with Gasteiger partial charge in [0.1, 0.15) is 5.52 Å². The Hall–Kier alpha value is -2.00. The molecule has 9 heteroatoms. The number of benzene rings is 2. The third kappa shape index (κ3) is 4.23. The molecule has 3 aromatic rings. The maximum absolute atomic E-state index is 12.9. The zero-order valence-corrected chi connectivity index (χ0v) is 18.9. The highest BCUT2D eigenvalue weighted by atomic mass is 35.5. The summed E-state index contributed by atoms with van der Waals surface area (Å²) in [6, 6.07) is 11.5. The Labute approximate surface area is 184 Å². The average molecular weight is 464 g/mol. The molecule has 30 heavy (non-hydrogen) atoms. The summed E-state index contributed by atoms with van der Waals surface area (Å²) in [5.74, 6) is -0.352. The number of rotatable bonds is 5. The van der Waals surface area contributed by atoms with E-state index in [9.17, 15) is 13.2 Å². The first-order valence-corrected chi connectivity index (χ1v) is 12.4. The molecule has 0 bridgehead atoms. The Morgan fingerprint density at radius 1 is 1.13 bits per heavy atom. The van der Waals surface area contributed by atoms with E-state index in [2.05, 4.69) is 10.3 Å². The molecule has 1 N–H and O–H groups in total. The zero-order valence-electron chi connectivity index (χ0n) is 16.5. The number of anilines is 1. The van der Waals surface area contributed by atoms with Gasteiger partial charge in [0.05, 0.1) is 14.6 Å². The van der Waals surface area contributed by atoms with E-state index >= 15 is 0 Å². The number of nitrogens with zero attached hydrogens (tertiary/aromatic N) is 2. The van der Waals surface area contributed by atoms with Gasteiger partial charge in [0.2, 0.25) is 10.0 Å². The summed E-state index contributed by atoms with van der Waals surface area (Å²) in [5, 5.41) is 3.73. The standard InChI is InChI=1S/C21H22ClN3O3S2/c1-25(15-6-3-2-4-7-15)30(27,28)16-12-10-14(11-13-16)20(26)24-21-23-19-17(22)8-5-9-18(19)29-21/h5,8-13,15H,2-4,6-7H2,1H3,(H,23,24,26). The molecule has 1 aliphatic carbocycles. The van der Waals surface area contributed by atoms with Crippen molar-refractivity contribution < 1.29 is 13.2 Å². The molecule has 1 saturated carbocycles. The molecule has 0 atom stereocenters. The summed E-state index contributed by atoms with van der Waals surface area (Å²) in [7, 11) is -1.94. The third-order valence-electron chi connectivity index (χ3n) is 5.47.